The summed E-state index contributed by atoms with van der Waals surface area (Å²) in [5.74, 6) is -0.447. The van der Waals surface area contributed by atoms with Crippen molar-refractivity contribution in [3.05, 3.63) is 54.1 Å². The van der Waals surface area contributed by atoms with Crippen LogP contribution in [-0.2, 0) is 10.0 Å². The first-order valence-electron chi connectivity index (χ1n) is 7.09. The lowest BCUT2D eigenvalue weighted by atomic mass is 10.2. The second-order valence-electron chi connectivity index (χ2n) is 5.09. The van der Waals surface area contributed by atoms with Crippen molar-refractivity contribution in [1.29, 1.82) is 10.7 Å². The predicted molar refractivity (Wildman–Crippen MR) is 97.0 cm³/mol. The van der Waals surface area contributed by atoms with Crippen molar-refractivity contribution in [3.8, 4) is 6.07 Å². The van der Waals surface area contributed by atoms with Crippen LogP contribution in [0.5, 0.6) is 0 Å². The van der Waals surface area contributed by atoms with Gasteiger partial charge in [-0.2, -0.15) is 10.4 Å². The lowest BCUT2D eigenvalue weighted by molar-refractivity contribution is 0.601. The maximum Gasteiger partial charge on any atom is 0.261 e. The van der Waals surface area contributed by atoms with Crippen molar-refractivity contribution in [3.63, 3.8) is 0 Å². The van der Waals surface area contributed by atoms with Crippen LogP contribution in [0.15, 0.2) is 58.5 Å². The fraction of sp³-hybridized carbons (Fsp3) is 0.0625. The Balaban J connectivity index is 2.11. The zero-order valence-corrected chi connectivity index (χ0v) is 14.1. The number of nitriles is 1. The van der Waals surface area contributed by atoms with Crippen LogP contribution in [0.4, 0.5) is 11.4 Å². The molecule has 0 aliphatic carbocycles. The van der Waals surface area contributed by atoms with E-state index in [9.17, 15) is 8.42 Å². The molecule has 0 amide bonds. The summed E-state index contributed by atoms with van der Waals surface area (Å²) in [7, 11) is -3.67. The Bertz CT molecular complexity index is 942. The summed E-state index contributed by atoms with van der Waals surface area (Å²) >= 11 is 0. The zero-order chi connectivity index (χ0) is 18.4. The van der Waals surface area contributed by atoms with Gasteiger partial charge in [0.1, 0.15) is 6.07 Å². The first-order valence-corrected chi connectivity index (χ1v) is 8.58. The Kier molecular flexibility index (Phi) is 5.36. The van der Waals surface area contributed by atoms with Gasteiger partial charge in [0.05, 0.1) is 10.6 Å². The Morgan fingerprint density at radius 1 is 1.12 bits per heavy atom. The summed E-state index contributed by atoms with van der Waals surface area (Å²) in [5.41, 5.74) is 9.36. The molecular formula is C16H16N6O2S. The van der Waals surface area contributed by atoms with Crippen LogP contribution in [-0.4, -0.2) is 20.0 Å². The molecule has 0 fully saturated rings. The van der Waals surface area contributed by atoms with E-state index in [1.807, 2.05) is 6.92 Å². The molecule has 0 saturated heterocycles. The lowest BCUT2D eigenvalue weighted by Gasteiger charge is -2.09. The third kappa shape index (κ3) is 4.79. The summed E-state index contributed by atoms with van der Waals surface area (Å²) in [5, 5.41) is 19.6. The van der Waals surface area contributed by atoms with Gasteiger partial charge < -0.3 is 5.73 Å². The maximum absolute atomic E-state index is 12.3. The van der Waals surface area contributed by atoms with Gasteiger partial charge in [-0.25, -0.2) is 8.42 Å². The fourth-order valence-corrected chi connectivity index (χ4v) is 2.87. The van der Waals surface area contributed by atoms with Crippen LogP contribution in [0, 0.1) is 23.7 Å². The molecule has 2 aromatic rings. The van der Waals surface area contributed by atoms with E-state index < -0.39 is 15.9 Å². The van der Waals surface area contributed by atoms with Crippen molar-refractivity contribution in [2.75, 3.05) is 10.1 Å². The number of nitrogens with one attached hydrogen (secondary N) is 3. The second kappa shape index (κ2) is 7.46. The van der Waals surface area contributed by atoms with E-state index in [4.69, 9.17) is 16.4 Å². The molecule has 0 radical (unpaired) electrons. The van der Waals surface area contributed by atoms with Gasteiger partial charge in [0, 0.05) is 5.69 Å². The molecule has 0 saturated carbocycles. The second-order valence-corrected chi connectivity index (χ2v) is 6.78. The predicted octanol–water partition coefficient (Wildman–Crippen LogP) is 2.02. The largest absolute Gasteiger partial charge is 0.382 e. The summed E-state index contributed by atoms with van der Waals surface area (Å²) in [6.07, 6.45) is 0. The van der Waals surface area contributed by atoms with Gasteiger partial charge in [-0.15, -0.1) is 0 Å². The van der Waals surface area contributed by atoms with E-state index in [1.165, 1.54) is 12.1 Å². The SMILES string of the molecule is Cc1ccc(S(=O)(=O)Nc2ccc(N/N=C(\C#N)C(=N)N)cc2)cc1. The number of hydrazone groups is 1. The monoisotopic (exact) mass is 356 g/mol. The molecule has 0 spiro atoms. The minimum absolute atomic E-state index is 0.171. The molecule has 0 aliphatic heterocycles. The van der Waals surface area contributed by atoms with Gasteiger partial charge in [0.15, 0.2) is 5.84 Å². The van der Waals surface area contributed by atoms with E-state index in [2.05, 4.69) is 15.2 Å². The first-order chi connectivity index (χ1) is 11.8. The third-order valence-electron chi connectivity index (χ3n) is 3.13. The Labute approximate surface area is 145 Å². The molecule has 2 aromatic carbocycles. The Hall–Kier alpha value is -3.38. The van der Waals surface area contributed by atoms with Crippen LogP contribution >= 0.6 is 0 Å². The molecule has 0 aromatic heterocycles. The van der Waals surface area contributed by atoms with Crippen molar-refractivity contribution in [2.45, 2.75) is 11.8 Å². The van der Waals surface area contributed by atoms with E-state index in [1.54, 1.807) is 42.5 Å². The number of hydrogen-bond donors (Lipinski definition) is 4. The van der Waals surface area contributed by atoms with Gasteiger partial charge in [0.25, 0.3) is 10.0 Å². The highest BCUT2D eigenvalue weighted by molar-refractivity contribution is 7.92. The minimum atomic E-state index is -3.67. The van der Waals surface area contributed by atoms with Crippen molar-refractivity contribution < 1.29 is 8.42 Å². The van der Waals surface area contributed by atoms with Crippen molar-refractivity contribution in [1.82, 2.24) is 0 Å². The van der Waals surface area contributed by atoms with Crippen molar-refractivity contribution >= 4 is 32.9 Å². The smallest absolute Gasteiger partial charge is 0.261 e. The molecule has 8 nitrogen and oxygen atoms in total. The number of hydrogen-bond acceptors (Lipinski definition) is 6. The van der Waals surface area contributed by atoms with Gasteiger partial charge >= 0.3 is 0 Å². The van der Waals surface area contributed by atoms with Gasteiger partial charge in [0.2, 0.25) is 5.71 Å². The molecule has 25 heavy (non-hydrogen) atoms. The topological polar surface area (TPSA) is 144 Å². The van der Waals surface area contributed by atoms with Crippen LogP contribution in [0.1, 0.15) is 5.56 Å². The first kappa shape index (κ1) is 18.0. The highest BCUT2D eigenvalue weighted by atomic mass is 32.2. The fourth-order valence-electron chi connectivity index (χ4n) is 1.81. The number of aryl methyl sites for hydroxylation is 1. The molecule has 0 aliphatic rings. The molecular weight excluding hydrogens is 340 g/mol. The number of anilines is 2. The van der Waals surface area contributed by atoms with Gasteiger partial charge in [-0.3, -0.25) is 15.6 Å². The number of amidine groups is 1. The van der Waals surface area contributed by atoms with E-state index in [0.29, 0.717) is 11.4 Å². The summed E-state index contributed by atoms with van der Waals surface area (Å²) in [6.45, 7) is 1.88. The lowest BCUT2D eigenvalue weighted by Crippen LogP contribution is -2.21. The summed E-state index contributed by atoms with van der Waals surface area (Å²) < 4.78 is 27.1. The van der Waals surface area contributed by atoms with E-state index in [0.717, 1.165) is 5.56 Å². The van der Waals surface area contributed by atoms with E-state index >= 15 is 0 Å². The number of sulfonamides is 1. The van der Waals surface area contributed by atoms with Crippen LogP contribution < -0.4 is 15.9 Å². The zero-order valence-electron chi connectivity index (χ0n) is 13.3. The Morgan fingerprint density at radius 3 is 2.20 bits per heavy atom. The normalized spacial score (nSPS) is 11.4. The van der Waals surface area contributed by atoms with Crippen LogP contribution in [0.2, 0.25) is 0 Å². The average Bonchev–Trinajstić information content (AvgIpc) is 2.56. The highest BCUT2D eigenvalue weighted by Gasteiger charge is 2.13. The molecule has 0 atom stereocenters. The van der Waals surface area contributed by atoms with Gasteiger partial charge in [-0.05, 0) is 43.3 Å². The third-order valence-corrected chi connectivity index (χ3v) is 4.52. The van der Waals surface area contributed by atoms with Crippen LogP contribution in [0.25, 0.3) is 0 Å². The summed E-state index contributed by atoms with van der Waals surface area (Å²) in [4.78, 5) is 0.171. The molecule has 5 N–H and O–H groups in total. The molecule has 128 valence electrons. The molecule has 0 heterocycles. The Morgan fingerprint density at radius 2 is 1.68 bits per heavy atom. The van der Waals surface area contributed by atoms with Crippen molar-refractivity contribution in [2.24, 2.45) is 10.8 Å². The number of rotatable bonds is 6. The molecule has 2 rings (SSSR count). The molecule has 0 bridgehead atoms. The standard InChI is InChI=1S/C16H16N6O2S/c1-11-2-8-14(9-3-11)25(23,24)22-13-6-4-12(5-7-13)20-21-15(10-17)16(18)19/h2-9,20,22H,1H3,(H3,18,19)/b21-15+. The molecule has 0 unspecified atom stereocenters. The van der Waals surface area contributed by atoms with Gasteiger partial charge in [-0.1, -0.05) is 17.7 Å². The minimum Gasteiger partial charge on any atom is -0.382 e. The number of nitrogens with zero attached hydrogens (tertiary/aromatic N) is 2. The molecule has 9 heteroatoms. The highest BCUT2D eigenvalue weighted by Crippen LogP contribution is 2.18. The van der Waals surface area contributed by atoms with Crippen LogP contribution in [0.3, 0.4) is 0 Å². The number of nitrogens with two attached hydrogens (primary N) is 1. The number of benzene rings is 2. The van der Waals surface area contributed by atoms with E-state index in [-0.39, 0.29) is 10.6 Å². The maximum atomic E-state index is 12.3. The quantitative estimate of drug-likeness (QED) is 0.355. The average molecular weight is 356 g/mol. The summed E-state index contributed by atoms with van der Waals surface area (Å²) in [6, 6.07) is 14.4.